The second-order valence-electron chi connectivity index (χ2n) is 17.5. The highest BCUT2D eigenvalue weighted by atomic mass is 16.7. The fraction of sp³-hybridized carbons (Fsp3) is 0.578. The van der Waals surface area contributed by atoms with Crippen molar-refractivity contribution in [2.75, 3.05) is 53.3 Å². The van der Waals surface area contributed by atoms with Crippen LogP contribution in [-0.4, -0.2) is 111 Å². The molecule has 12 heteroatoms. The minimum atomic E-state index is -0.835. The van der Waals surface area contributed by atoms with Crippen LogP contribution in [0.5, 0.6) is 5.75 Å². The van der Waals surface area contributed by atoms with E-state index in [0.717, 1.165) is 47.3 Å². The molecule has 3 aromatic rings. The van der Waals surface area contributed by atoms with Crippen molar-refractivity contribution < 1.29 is 24.3 Å². The first kappa shape index (κ1) is 44.0. The van der Waals surface area contributed by atoms with Crippen molar-refractivity contribution >= 4 is 17.5 Å². The maximum atomic E-state index is 14.4. The number of aliphatic hydroxyl groups is 1. The van der Waals surface area contributed by atoms with Gasteiger partial charge < -0.3 is 36.0 Å². The first-order valence-electron chi connectivity index (χ1n) is 20.5. The highest BCUT2D eigenvalue weighted by Crippen LogP contribution is 2.45. The summed E-state index contributed by atoms with van der Waals surface area (Å²) in [5.74, 6) is 0.517. The number of methoxy groups -OCH3 is 1. The quantitative estimate of drug-likeness (QED) is 0.154. The molecule has 1 saturated heterocycles. The Bertz CT molecular complexity index is 1800. The first-order chi connectivity index (χ1) is 27.1. The zero-order valence-corrected chi connectivity index (χ0v) is 35.8. The normalized spacial score (nSPS) is 24.5. The SMILES string of the molecule is CC[C@@H]1CC(NC(=O)C2[C@H]([C@H](C)O)[C@H](CN)ON2Cc2cccc(-c3cc(C(=O)N[C@@H](Cc4ccccn4)CN(C)C)cc(N(C)C)c3)c2OC)[C@@H](C)CC1(C)C. The molecule has 2 heterocycles. The molecule has 1 aliphatic carbocycles. The molecule has 2 fully saturated rings. The number of pyridine rings is 1. The van der Waals surface area contributed by atoms with Crippen molar-refractivity contribution in [2.24, 2.45) is 28.9 Å². The molecule has 12 nitrogen and oxygen atoms in total. The molecule has 1 aliphatic heterocycles. The van der Waals surface area contributed by atoms with Gasteiger partial charge in [0, 0.05) is 85.9 Å². The molecule has 2 aliphatic rings. The lowest BCUT2D eigenvalue weighted by atomic mass is 9.63. The number of anilines is 1. The van der Waals surface area contributed by atoms with Crippen LogP contribution < -0.4 is 26.0 Å². The number of benzene rings is 2. The molecular weight excluding hydrogens is 719 g/mol. The number of hydrogen-bond donors (Lipinski definition) is 4. The van der Waals surface area contributed by atoms with Gasteiger partial charge in [-0.25, -0.2) is 0 Å². The summed E-state index contributed by atoms with van der Waals surface area (Å²) in [6.07, 6.45) is 3.97. The number of likely N-dealkylation sites (N-methyl/N-ethyl adjacent to an activating group) is 1. The van der Waals surface area contributed by atoms with Crippen LogP contribution in [-0.2, 0) is 22.6 Å². The van der Waals surface area contributed by atoms with Crippen LogP contribution in [0.1, 0.15) is 75.5 Å². The predicted octanol–water partition coefficient (Wildman–Crippen LogP) is 5.13. The van der Waals surface area contributed by atoms with Crippen molar-refractivity contribution in [1.82, 2.24) is 25.6 Å². The van der Waals surface area contributed by atoms with E-state index in [2.05, 4.69) is 48.2 Å². The number of aliphatic hydroxyl groups excluding tert-OH is 1. The van der Waals surface area contributed by atoms with E-state index in [0.29, 0.717) is 36.1 Å². The van der Waals surface area contributed by atoms with Crippen LogP contribution in [0.25, 0.3) is 11.1 Å². The van der Waals surface area contributed by atoms with Crippen LogP contribution in [0.2, 0.25) is 0 Å². The van der Waals surface area contributed by atoms with E-state index in [1.807, 2.05) is 87.7 Å². The minimum Gasteiger partial charge on any atom is -0.496 e. The number of hydrogen-bond acceptors (Lipinski definition) is 10. The number of carbonyl (C=O) groups excluding carboxylic acids is 2. The second-order valence-corrected chi connectivity index (χ2v) is 17.5. The number of carbonyl (C=O) groups is 2. The number of rotatable bonds is 16. The molecule has 1 saturated carbocycles. The van der Waals surface area contributed by atoms with Gasteiger partial charge in [-0.2, -0.15) is 5.06 Å². The number of hydroxylamine groups is 2. The zero-order valence-electron chi connectivity index (χ0n) is 35.8. The lowest BCUT2D eigenvalue weighted by molar-refractivity contribution is -0.174. The van der Waals surface area contributed by atoms with Gasteiger partial charge in [0.1, 0.15) is 11.8 Å². The molecule has 2 amide bonds. The third kappa shape index (κ3) is 10.5. The highest BCUT2D eigenvalue weighted by molar-refractivity contribution is 5.97. The summed E-state index contributed by atoms with van der Waals surface area (Å²) in [6.45, 7) is 11.8. The number of para-hydroxylation sites is 1. The van der Waals surface area contributed by atoms with Gasteiger partial charge in [0.2, 0.25) is 5.91 Å². The Balaban J connectivity index is 1.45. The minimum absolute atomic E-state index is 0.0188. The van der Waals surface area contributed by atoms with E-state index in [1.54, 1.807) is 25.3 Å². The summed E-state index contributed by atoms with van der Waals surface area (Å²) in [6, 6.07) is 16.6. The van der Waals surface area contributed by atoms with Gasteiger partial charge in [-0.1, -0.05) is 58.4 Å². The predicted molar refractivity (Wildman–Crippen MR) is 227 cm³/mol. The Hall–Kier alpha value is -4.07. The summed E-state index contributed by atoms with van der Waals surface area (Å²) in [7, 11) is 9.50. The van der Waals surface area contributed by atoms with Gasteiger partial charge in [0.15, 0.2) is 0 Å². The number of nitrogens with two attached hydrogens (primary N) is 1. The van der Waals surface area contributed by atoms with Crippen LogP contribution in [0.4, 0.5) is 5.69 Å². The second kappa shape index (κ2) is 19.1. The van der Waals surface area contributed by atoms with E-state index in [1.165, 1.54) is 0 Å². The Morgan fingerprint density at radius 3 is 2.49 bits per heavy atom. The maximum absolute atomic E-state index is 14.4. The summed E-state index contributed by atoms with van der Waals surface area (Å²) >= 11 is 0. The van der Waals surface area contributed by atoms with Crippen molar-refractivity contribution in [3.8, 4) is 16.9 Å². The Labute approximate surface area is 340 Å². The van der Waals surface area contributed by atoms with Crippen molar-refractivity contribution in [1.29, 1.82) is 0 Å². The van der Waals surface area contributed by atoms with E-state index in [4.69, 9.17) is 15.3 Å². The molecule has 2 unspecified atom stereocenters. The molecule has 8 atom stereocenters. The van der Waals surface area contributed by atoms with Gasteiger partial charge in [0.25, 0.3) is 5.91 Å². The highest BCUT2D eigenvalue weighted by Gasteiger charge is 2.50. The van der Waals surface area contributed by atoms with Gasteiger partial charge in [-0.3, -0.25) is 19.4 Å². The summed E-state index contributed by atoms with van der Waals surface area (Å²) < 4.78 is 6.14. The van der Waals surface area contributed by atoms with Gasteiger partial charge in [-0.15, -0.1) is 0 Å². The average molecular weight is 786 g/mol. The smallest absolute Gasteiger partial charge is 0.251 e. The van der Waals surface area contributed by atoms with Crippen molar-refractivity contribution in [3.05, 3.63) is 77.6 Å². The molecule has 0 bridgehead atoms. The Morgan fingerprint density at radius 2 is 1.88 bits per heavy atom. The van der Waals surface area contributed by atoms with Gasteiger partial charge >= 0.3 is 0 Å². The van der Waals surface area contributed by atoms with Gasteiger partial charge in [0.05, 0.1) is 25.9 Å². The molecule has 0 spiro atoms. The molecule has 312 valence electrons. The number of aromatic nitrogens is 1. The van der Waals surface area contributed by atoms with Crippen LogP contribution >= 0.6 is 0 Å². The summed E-state index contributed by atoms with van der Waals surface area (Å²) in [4.78, 5) is 43.4. The zero-order chi connectivity index (χ0) is 41.6. The Morgan fingerprint density at radius 1 is 1.12 bits per heavy atom. The lowest BCUT2D eigenvalue weighted by Gasteiger charge is -2.46. The third-order valence-corrected chi connectivity index (χ3v) is 12.2. The summed E-state index contributed by atoms with van der Waals surface area (Å²) in [5, 5.41) is 19.4. The molecule has 1 aromatic heterocycles. The van der Waals surface area contributed by atoms with Crippen LogP contribution in [0.3, 0.4) is 0 Å². The largest absolute Gasteiger partial charge is 0.496 e. The average Bonchev–Trinajstić information content (AvgIpc) is 3.54. The fourth-order valence-corrected chi connectivity index (χ4v) is 9.25. The molecule has 5 rings (SSSR count). The number of nitrogens with zero attached hydrogens (tertiary/aromatic N) is 4. The lowest BCUT2D eigenvalue weighted by Crippen LogP contribution is -2.55. The molecule has 0 radical (unpaired) electrons. The number of ether oxygens (including phenoxy) is 1. The van der Waals surface area contributed by atoms with E-state index >= 15 is 0 Å². The van der Waals surface area contributed by atoms with E-state index in [9.17, 15) is 14.7 Å². The van der Waals surface area contributed by atoms with Crippen molar-refractivity contribution in [2.45, 2.75) is 97.2 Å². The third-order valence-electron chi connectivity index (χ3n) is 12.2. The molecule has 5 N–H and O–H groups in total. The fourth-order valence-electron chi connectivity index (χ4n) is 9.25. The Kier molecular flexibility index (Phi) is 14.8. The monoisotopic (exact) mass is 786 g/mol. The summed E-state index contributed by atoms with van der Waals surface area (Å²) in [5.41, 5.74) is 11.1. The van der Waals surface area contributed by atoms with Crippen molar-refractivity contribution in [3.63, 3.8) is 0 Å². The van der Waals surface area contributed by atoms with Crippen LogP contribution in [0, 0.1) is 23.2 Å². The number of amides is 2. The maximum Gasteiger partial charge on any atom is 0.251 e. The molecule has 57 heavy (non-hydrogen) atoms. The van der Waals surface area contributed by atoms with Crippen LogP contribution in [0.15, 0.2) is 60.8 Å². The molecule has 2 aromatic carbocycles. The van der Waals surface area contributed by atoms with E-state index < -0.39 is 24.2 Å². The topological polar surface area (TPSA) is 146 Å². The number of nitrogens with one attached hydrogen (secondary N) is 2. The first-order valence-corrected chi connectivity index (χ1v) is 20.5. The van der Waals surface area contributed by atoms with Gasteiger partial charge in [-0.05, 0) is 87.0 Å². The molecular formula is C45H67N7O5. The standard InChI is InChI=1S/C45H67N7O5/c1-11-33-22-38(28(2)24-45(33,4)5)49-44(55)41-40(29(3)53)39(25-46)57-52(41)26-30-15-14-17-37(42(30)56-10)31-19-32(21-36(20-31)51(8)9)43(54)48-35(27-50(6)7)23-34-16-12-13-18-47-34/h12-21,28-29,33,35,38-41,53H,11,22-27,46H2,1-10H3,(H,48,54)(H,49,55)/t28-,29-,33+,35-,38?,39-,40+,41?/m0/s1. The van der Waals surface area contributed by atoms with E-state index in [-0.39, 0.29) is 42.4 Å².